The summed E-state index contributed by atoms with van der Waals surface area (Å²) in [4.78, 5) is 7.59. The van der Waals surface area contributed by atoms with Crippen molar-refractivity contribution in [3.8, 4) is 28.3 Å². The third kappa shape index (κ3) is 7.20. The fourth-order valence-electron chi connectivity index (χ4n) is 13.8. The maximum absolute atomic E-state index is 7.58. The number of rotatable bonds is 5. The molecular formula is C74H58B2N4O. The van der Waals surface area contributed by atoms with E-state index in [9.17, 15) is 0 Å². The van der Waals surface area contributed by atoms with Crippen molar-refractivity contribution in [1.29, 1.82) is 0 Å². The van der Waals surface area contributed by atoms with Gasteiger partial charge in [0.1, 0.15) is 11.5 Å². The van der Waals surface area contributed by atoms with Gasteiger partial charge in [0.2, 0.25) is 0 Å². The summed E-state index contributed by atoms with van der Waals surface area (Å²) in [6.45, 7) is 13.7. The van der Waals surface area contributed by atoms with Gasteiger partial charge in [0.25, 0.3) is 13.4 Å². The third-order valence-corrected chi connectivity index (χ3v) is 17.7. The second-order valence-electron chi connectivity index (χ2n) is 24.5. The highest BCUT2D eigenvalue weighted by Crippen LogP contribution is 2.50. The van der Waals surface area contributed by atoms with Gasteiger partial charge in [-0.1, -0.05) is 187 Å². The van der Waals surface area contributed by atoms with Crippen molar-refractivity contribution in [2.75, 3.05) is 14.7 Å². The number of benzene rings is 11. The van der Waals surface area contributed by atoms with Crippen LogP contribution in [-0.2, 0) is 10.8 Å². The molecule has 0 spiro atoms. The average molecular weight is 1040 g/mol. The van der Waals surface area contributed by atoms with Crippen LogP contribution >= 0.6 is 0 Å². The lowest BCUT2D eigenvalue weighted by Gasteiger charge is -2.46. The van der Waals surface area contributed by atoms with Crippen molar-refractivity contribution in [2.45, 2.75) is 52.4 Å². The molecule has 0 aliphatic carbocycles. The Kier molecular flexibility index (Phi) is 10.3. The monoisotopic (exact) mass is 1040 g/mol. The van der Waals surface area contributed by atoms with Crippen LogP contribution in [0.2, 0.25) is 0 Å². The van der Waals surface area contributed by atoms with E-state index in [1.165, 1.54) is 99.6 Å². The summed E-state index contributed by atoms with van der Waals surface area (Å²) >= 11 is 0. The van der Waals surface area contributed by atoms with E-state index >= 15 is 0 Å². The van der Waals surface area contributed by atoms with Crippen molar-refractivity contribution in [3.63, 3.8) is 0 Å². The molecule has 0 saturated carbocycles. The van der Waals surface area contributed by atoms with Crippen molar-refractivity contribution in [1.82, 2.24) is 4.57 Å². The van der Waals surface area contributed by atoms with Crippen LogP contribution in [0.5, 0.6) is 11.5 Å². The van der Waals surface area contributed by atoms with Crippen LogP contribution in [0.1, 0.15) is 52.7 Å². The van der Waals surface area contributed by atoms with Gasteiger partial charge in [-0.05, 0) is 157 Å². The standard InChI is InChI=1S/C74H58B2N4O/c1-73(2,3)49-40-66-71-67(41-49)79(53-29-17-10-18-30-53)65-46-69-60(45-59(65)75(71)58-38-36-54(44-64(58)78(66)52-27-15-9-16-28-52)80-61-33-21-19-31-55(61)56-32-20-22-34-62(56)80)76-57-37-35-48(47-23-11-7-12-24-47)39-63(57)77(51-25-13-8-14-26-51)68-42-50(74(4,5)6)43-70(81-69)72(68)76/h7-46H,1-6H3. The minimum absolute atomic E-state index is 0.131. The number of aromatic nitrogens is 1. The summed E-state index contributed by atoms with van der Waals surface area (Å²) in [5.41, 5.74) is 25.8. The van der Waals surface area contributed by atoms with Gasteiger partial charge in [-0.15, -0.1) is 0 Å². The third-order valence-electron chi connectivity index (χ3n) is 17.7. The molecule has 0 amide bonds. The zero-order valence-corrected chi connectivity index (χ0v) is 46.4. The van der Waals surface area contributed by atoms with Crippen LogP contribution in [0.4, 0.5) is 51.2 Å². The number of hydrogen-bond acceptors (Lipinski definition) is 4. The van der Waals surface area contributed by atoms with E-state index in [2.05, 4.69) is 303 Å². The first kappa shape index (κ1) is 47.5. The first-order valence-electron chi connectivity index (χ1n) is 28.6. The molecule has 11 aromatic carbocycles. The Morgan fingerprint density at radius 3 is 1.30 bits per heavy atom. The quantitative estimate of drug-likeness (QED) is 0.160. The van der Waals surface area contributed by atoms with Gasteiger partial charge in [-0.3, -0.25) is 0 Å². The Morgan fingerprint density at radius 1 is 0.309 bits per heavy atom. The first-order valence-corrected chi connectivity index (χ1v) is 28.6. The molecule has 0 bridgehead atoms. The maximum atomic E-state index is 7.58. The molecule has 16 rings (SSSR count). The number of nitrogens with zero attached hydrogens (tertiary/aromatic N) is 4. The SMILES string of the molecule is CC(C)(C)c1cc2c3c(c1)N(c1ccccc1)c1cc(-c4ccccc4)ccc1B3c1cc3c(cc1O2)N(c1ccccc1)c1cc(C(C)(C)C)cc2c1B3c1ccc(-n3c4ccccc4c4ccccc43)cc1N2c1ccccc1. The average Bonchev–Trinajstić information content (AvgIpc) is 3.59. The predicted octanol–water partition coefficient (Wildman–Crippen LogP) is 15.5. The Bertz CT molecular complexity index is 4490. The van der Waals surface area contributed by atoms with Crippen LogP contribution in [0.25, 0.3) is 38.6 Å². The molecule has 0 N–H and O–H groups in total. The minimum atomic E-state index is -0.176. The number of fused-ring (bicyclic) bond motifs is 11. The lowest BCUT2D eigenvalue weighted by molar-refractivity contribution is 0.483. The van der Waals surface area contributed by atoms with E-state index in [4.69, 9.17) is 4.74 Å². The molecule has 7 heteroatoms. The van der Waals surface area contributed by atoms with E-state index in [0.29, 0.717) is 0 Å². The molecular weight excluding hydrogens is 982 g/mol. The molecule has 0 fully saturated rings. The van der Waals surface area contributed by atoms with Gasteiger partial charge < -0.3 is 24.0 Å². The van der Waals surface area contributed by atoms with Gasteiger partial charge in [-0.25, -0.2) is 0 Å². The Balaban J connectivity index is 1.00. The molecule has 5 heterocycles. The Labute approximate surface area is 475 Å². The molecule has 0 radical (unpaired) electrons. The van der Waals surface area contributed by atoms with Crippen LogP contribution in [0, 0.1) is 0 Å². The van der Waals surface area contributed by atoms with Crippen LogP contribution < -0.4 is 52.2 Å². The maximum Gasteiger partial charge on any atom is 0.256 e. The second-order valence-corrected chi connectivity index (χ2v) is 24.5. The molecule has 4 aliphatic heterocycles. The van der Waals surface area contributed by atoms with Gasteiger partial charge in [0.15, 0.2) is 0 Å². The molecule has 81 heavy (non-hydrogen) atoms. The summed E-state index contributed by atoms with van der Waals surface area (Å²) in [5, 5.41) is 2.49. The molecule has 0 unspecified atom stereocenters. The van der Waals surface area contributed by atoms with Crippen molar-refractivity contribution in [2.24, 2.45) is 0 Å². The molecule has 386 valence electrons. The van der Waals surface area contributed by atoms with Crippen molar-refractivity contribution < 1.29 is 4.74 Å². The molecule has 5 nitrogen and oxygen atoms in total. The summed E-state index contributed by atoms with van der Waals surface area (Å²) in [6, 6.07) is 90.6. The van der Waals surface area contributed by atoms with Gasteiger partial charge in [0.05, 0.1) is 11.0 Å². The lowest BCUT2D eigenvalue weighted by atomic mass is 9.30. The van der Waals surface area contributed by atoms with E-state index in [-0.39, 0.29) is 24.3 Å². The summed E-state index contributed by atoms with van der Waals surface area (Å²) in [7, 11) is 0. The number of ether oxygens (including phenoxy) is 1. The molecule has 0 atom stereocenters. The second kappa shape index (κ2) is 17.5. The molecule has 12 aromatic rings. The zero-order valence-electron chi connectivity index (χ0n) is 46.4. The Morgan fingerprint density at radius 2 is 0.753 bits per heavy atom. The summed E-state index contributed by atoms with van der Waals surface area (Å²) in [6.07, 6.45) is 0. The topological polar surface area (TPSA) is 23.9 Å². The summed E-state index contributed by atoms with van der Waals surface area (Å²) < 4.78 is 10.0. The van der Waals surface area contributed by atoms with Gasteiger partial charge >= 0.3 is 0 Å². The highest BCUT2D eigenvalue weighted by atomic mass is 16.5. The Hall–Kier alpha value is -9.45. The van der Waals surface area contributed by atoms with E-state index in [1.807, 2.05) is 0 Å². The minimum Gasteiger partial charge on any atom is -0.458 e. The van der Waals surface area contributed by atoms with Crippen LogP contribution in [-0.4, -0.2) is 18.0 Å². The first-order chi connectivity index (χ1) is 39.5. The number of anilines is 9. The lowest BCUT2D eigenvalue weighted by Crippen LogP contribution is -2.64. The van der Waals surface area contributed by atoms with E-state index < -0.39 is 0 Å². The van der Waals surface area contributed by atoms with Crippen LogP contribution in [0.15, 0.2) is 243 Å². The van der Waals surface area contributed by atoms with Gasteiger partial charge in [0, 0.05) is 73.7 Å². The number of para-hydroxylation sites is 5. The molecule has 1 aromatic heterocycles. The van der Waals surface area contributed by atoms with Crippen LogP contribution in [0.3, 0.4) is 0 Å². The zero-order chi connectivity index (χ0) is 54.5. The fraction of sp³-hybridized carbons (Fsp3) is 0.108. The van der Waals surface area contributed by atoms with Crippen molar-refractivity contribution >= 4 is 119 Å². The summed E-state index contributed by atoms with van der Waals surface area (Å²) in [5.74, 6) is 1.79. The van der Waals surface area contributed by atoms with Crippen molar-refractivity contribution in [3.05, 3.63) is 254 Å². The normalized spacial score (nSPS) is 13.8. The largest absolute Gasteiger partial charge is 0.458 e. The molecule has 4 aliphatic rings. The van der Waals surface area contributed by atoms with E-state index in [0.717, 1.165) is 45.6 Å². The fourth-order valence-corrected chi connectivity index (χ4v) is 13.8. The highest BCUT2D eigenvalue weighted by molar-refractivity contribution is 7.02. The molecule has 0 saturated heterocycles. The number of hydrogen-bond donors (Lipinski definition) is 0. The predicted molar refractivity (Wildman–Crippen MR) is 343 cm³/mol. The highest BCUT2D eigenvalue weighted by Gasteiger charge is 2.48. The van der Waals surface area contributed by atoms with Gasteiger partial charge in [-0.2, -0.15) is 0 Å². The smallest absolute Gasteiger partial charge is 0.256 e. The van der Waals surface area contributed by atoms with E-state index in [1.54, 1.807) is 0 Å².